The normalized spacial score (nSPS) is 12.4. The number of anilines is 1. The third-order valence-corrected chi connectivity index (χ3v) is 14.1. The van der Waals surface area contributed by atoms with Gasteiger partial charge < -0.3 is 49.8 Å². The van der Waals surface area contributed by atoms with Gasteiger partial charge in [-0.1, -0.05) is 89.1 Å². The number of nitriles is 2. The average Bonchev–Trinajstić information content (AvgIpc) is 2.54. The van der Waals surface area contributed by atoms with Crippen LogP contribution in [0.1, 0.15) is 74.6 Å². The second kappa shape index (κ2) is 30.2. The van der Waals surface area contributed by atoms with Gasteiger partial charge in [0.15, 0.2) is 34.2 Å². The van der Waals surface area contributed by atoms with Gasteiger partial charge in [-0.05, 0) is 74.5 Å². The van der Waals surface area contributed by atoms with Crippen LogP contribution in [0, 0.1) is 22.7 Å². The van der Waals surface area contributed by atoms with E-state index in [1.54, 1.807) is 60.3 Å². The monoisotopic (exact) mass is 1290 g/mol. The Kier molecular flexibility index (Phi) is 23.1. The molecule has 0 aliphatic carbocycles. The van der Waals surface area contributed by atoms with E-state index in [1.165, 1.54) is 15.3 Å². The number of imidazole rings is 3. The summed E-state index contributed by atoms with van der Waals surface area (Å²) in [5.74, 6) is -11.8. The Bertz CT molecular complexity index is 4280. The summed E-state index contributed by atoms with van der Waals surface area (Å²) < 4.78 is 87.7. The molecule has 0 aliphatic rings. The predicted molar refractivity (Wildman–Crippen MR) is 341 cm³/mol. The summed E-state index contributed by atoms with van der Waals surface area (Å²) in [6.07, 6.45) is 5.72. The molecule has 0 radical (unpaired) electrons. The number of alkyl halides is 6. The summed E-state index contributed by atoms with van der Waals surface area (Å²) in [5, 5.41) is 46.6. The summed E-state index contributed by atoms with van der Waals surface area (Å²) in [6, 6.07) is 39.9. The molecule has 0 spiro atoms. The van der Waals surface area contributed by atoms with Gasteiger partial charge in [-0.15, -0.1) is 0 Å². The van der Waals surface area contributed by atoms with Gasteiger partial charge >= 0.3 is 23.8 Å². The van der Waals surface area contributed by atoms with E-state index in [-0.39, 0.29) is 35.6 Å². The number of aliphatic hydroxyl groups excluding tert-OH is 3. The molecule has 0 bridgehead atoms. The van der Waals surface area contributed by atoms with Crippen molar-refractivity contribution in [2.75, 3.05) is 19.0 Å². The number of benzene rings is 5. The minimum atomic E-state index is -3.40. The summed E-state index contributed by atoms with van der Waals surface area (Å²) in [6.45, 7) is 6.04. The van der Waals surface area contributed by atoms with Crippen molar-refractivity contribution in [3.63, 3.8) is 0 Å². The highest BCUT2D eigenvalue weighted by Gasteiger charge is 2.30. The second-order valence-electron chi connectivity index (χ2n) is 19.5. The van der Waals surface area contributed by atoms with Crippen molar-refractivity contribution in [3.05, 3.63) is 195 Å². The largest absolute Gasteiger partial charge is 0.506 e. The number of hydrogen-bond donors (Lipinski definition) is 5. The van der Waals surface area contributed by atoms with Crippen molar-refractivity contribution in [2.24, 2.45) is 28.5 Å². The molecule has 0 atom stereocenters. The number of aliphatic imine (C=N–C) groups is 2. The number of hydrogen-bond acceptors (Lipinski definition) is 15. The number of aromatic nitrogens is 8. The molecule has 5 heterocycles. The number of fused-ring (bicyclic) bond motifs is 3. The van der Waals surface area contributed by atoms with E-state index in [9.17, 15) is 36.6 Å². The fourth-order valence-corrected chi connectivity index (χ4v) is 8.79. The van der Waals surface area contributed by atoms with E-state index in [0.717, 1.165) is 50.8 Å². The van der Waals surface area contributed by atoms with Crippen LogP contribution in [-0.4, -0.2) is 97.5 Å². The van der Waals surface area contributed by atoms with Crippen molar-refractivity contribution >= 4 is 114 Å². The number of amidine groups is 2. The van der Waals surface area contributed by atoms with Crippen LogP contribution in [0.15, 0.2) is 159 Å². The molecule has 5 aromatic heterocycles. The first-order valence-electron chi connectivity index (χ1n) is 26.8. The second-order valence-corrected chi connectivity index (χ2v) is 21.3. The molecular weight excluding hydrogens is 1240 g/mol. The Hall–Kier alpha value is -10.2. The van der Waals surface area contributed by atoms with Crippen LogP contribution in [0.25, 0.3) is 50.6 Å². The Morgan fingerprint density at radius 1 is 0.656 bits per heavy atom. The van der Waals surface area contributed by atoms with Gasteiger partial charge in [0.05, 0.1) is 31.3 Å². The lowest BCUT2D eigenvalue weighted by Crippen LogP contribution is -2.13. The third kappa shape index (κ3) is 18.5. The van der Waals surface area contributed by atoms with Crippen molar-refractivity contribution < 1.29 is 46.1 Å². The molecule has 0 fully saturated rings. The third-order valence-electron chi connectivity index (χ3n) is 12.4. The molecule has 90 heavy (non-hydrogen) atoms. The molecule has 0 unspecified atom stereocenters. The quantitative estimate of drug-likeness (QED) is 0.0311. The lowest BCUT2D eigenvalue weighted by atomic mass is 10.2. The van der Waals surface area contributed by atoms with E-state index in [0.29, 0.717) is 76.6 Å². The molecule has 7 N–H and O–H groups in total. The lowest BCUT2D eigenvalue weighted by molar-refractivity contribution is 0.0204. The van der Waals surface area contributed by atoms with E-state index in [4.69, 9.17) is 54.7 Å². The number of aliphatic hydroxyl groups is 3. The van der Waals surface area contributed by atoms with Crippen molar-refractivity contribution in [2.45, 2.75) is 65.5 Å². The van der Waals surface area contributed by atoms with Crippen molar-refractivity contribution in [1.82, 2.24) is 38.6 Å². The van der Waals surface area contributed by atoms with Gasteiger partial charge in [0.1, 0.15) is 46.8 Å². The van der Waals surface area contributed by atoms with Gasteiger partial charge in [0, 0.05) is 102 Å². The van der Waals surface area contributed by atoms with E-state index >= 15 is 0 Å². The van der Waals surface area contributed by atoms with Crippen LogP contribution in [0.2, 0.25) is 10.0 Å². The molecular formula is C62H59Cl2F6N15O4S. The molecule has 0 amide bonds. The number of para-hydroxylation sites is 3. The summed E-state index contributed by atoms with van der Waals surface area (Å²) in [5.41, 5.74) is 18.3. The first kappa shape index (κ1) is 69.0. The molecule has 10 aromatic rings. The number of thiazole rings is 1. The molecule has 468 valence electrons. The van der Waals surface area contributed by atoms with Crippen LogP contribution >= 0.6 is 34.5 Å². The lowest BCUT2D eigenvalue weighted by Gasteiger charge is -2.12. The van der Waals surface area contributed by atoms with Crippen LogP contribution in [0.4, 0.5) is 43.2 Å². The molecule has 10 rings (SSSR count). The Morgan fingerprint density at radius 2 is 1.18 bits per heavy atom. The standard InChI is InChI=1S/C16H16N4S.C14H11N3O.C13H12Cl2F2N2O.C11H10F2N4O.C8H10F2N2O/c1-20(2)12-9-7-11(8-10-12)15(17)19-16-18-13-5-3-4-6-14(13)21-16;15-13(10-6-2-1-3-7-10)17-14-16-11-8-4-5-9-12(11)18-14;1-3-19-10-5-8(15)7(14)4-9(10)18-12(19)6-11(20)13(2,16)17;1-3-17-8(6-15)7(5-14)16-10(17)4-9(18)11(2,12)13;1-8(9,10)6(13)5-7-11-3-4-12(7)2/h3-10H,1-2H3,(H2,17,18,19);1-9H,(H2,15,16,17);4-6,20H,3H2,1-2H3;4,18H,3H2,1-2H3;3-5,13H,1-2H3. The number of nitrogens with two attached hydrogens (primary N) is 2. The maximum Gasteiger partial charge on any atom is 0.324 e. The summed E-state index contributed by atoms with van der Waals surface area (Å²) in [4.78, 5) is 31.1. The van der Waals surface area contributed by atoms with Crippen LogP contribution in [0.3, 0.4) is 0 Å². The molecule has 19 nitrogen and oxygen atoms in total. The fraction of sp³-hybridized carbons (Fsp3) is 0.210. The zero-order valence-corrected chi connectivity index (χ0v) is 51.7. The zero-order valence-electron chi connectivity index (χ0n) is 49.4. The summed E-state index contributed by atoms with van der Waals surface area (Å²) in [7, 11) is 5.67. The average molecular weight is 1300 g/mol. The number of nitrogens with zero attached hydrogens (tertiary/aromatic N) is 13. The highest BCUT2D eigenvalue weighted by Crippen LogP contribution is 2.32. The number of allylic oxidation sites excluding steroid dienone is 3. The smallest absolute Gasteiger partial charge is 0.324 e. The van der Waals surface area contributed by atoms with Gasteiger partial charge in [0.2, 0.25) is 5.13 Å². The molecule has 0 aliphatic heterocycles. The SMILES string of the molecule is CCn1c(C=C(O)C(C)(F)F)nc(C#N)c1C#N.CCn1c(C=C(O)C(C)(F)F)nc2cc(Cl)c(Cl)cc21.CN(C)c1ccc(C(N)=Nc2nc3ccccc3s2)cc1.Cn1ccnc1C=C(O)C(C)(F)F.NC(=Nc1nc2ccccc2o1)c1ccccc1. The van der Waals surface area contributed by atoms with Gasteiger partial charge in [0.25, 0.3) is 0 Å². The first-order valence-corrected chi connectivity index (χ1v) is 28.4. The van der Waals surface area contributed by atoms with Crippen LogP contribution in [0.5, 0.6) is 0 Å². The van der Waals surface area contributed by atoms with E-state index in [1.807, 2.05) is 129 Å². The molecule has 0 saturated carbocycles. The molecule has 5 aromatic carbocycles. The van der Waals surface area contributed by atoms with Gasteiger partial charge in [-0.25, -0.2) is 24.9 Å². The zero-order chi connectivity index (χ0) is 66.3. The highest BCUT2D eigenvalue weighted by atomic mass is 35.5. The highest BCUT2D eigenvalue weighted by molar-refractivity contribution is 7.22. The Balaban J connectivity index is 0.000000180. The number of rotatable bonds is 13. The van der Waals surface area contributed by atoms with Crippen LogP contribution in [-0.2, 0) is 20.1 Å². The molecule has 0 saturated heterocycles. The minimum absolute atomic E-state index is 0.0153. The van der Waals surface area contributed by atoms with Crippen molar-refractivity contribution in [1.29, 1.82) is 10.5 Å². The topological polar surface area (TPSA) is 281 Å². The van der Waals surface area contributed by atoms with E-state index in [2.05, 4.69) is 34.9 Å². The minimum Gasteiger partial charge on any atom is -0.506 e. The summed E-state index contributed by atoms with van der Waals surface area (Å²) >= 11 is 13.4. The van der Waals surface area contributed by atoms with Crippen molar-refractivity contribution in [3.8, 4) is 12.1 Å². The van der Waals surface area contributed by atoms with E-state index < -0.39 is 35.0 Å². The first-order chi connectivity index (χ1) is 42.4. The van der Waals surface area contributed by atoms with Gasteiger partial charge in [-0.3, -0.25) is 0 Å². The maximum atomic E-state index is 13.0. The number of halogens is 8. The van der Waals surface area contributed by atoms with Gasteiger partial charge in [-0.2, -0.15) is 46.8 Å². The number of oxazole rings is 1. The predicted octanol–water partition coefficient (Wildman–Crippen LogP) is 15.4. The maximum absolute atomic E-state index is 13.0. The Labute approximate surface area is 526 Å². The molecule has 28 heteroatoms. The van der Waals surface area contributed by atoms with Crippen LogP contribution < -0.4 is 16.4 Å². The number of aryl methyl sites for hydroxylation is 2. The fourth-order valence-electron chi connectivity index (χ4n) is 7.63. The Morgan fingerprint density at radius 3 is 1.70 bits per heavy atom.